The Balaban J connectivity index is 2.48. The van der Waals surface area contributed by atoms with E-state index in [9.17, 15) is 20.9 Å². The molecule has 2 unspecified atom stereocenters. The van der Waals surface area contributed by atoms with Crippen molar-refractivity contribution in [2.75, 3.05) is 0 Å². The van der Waals surface area contributed by atoms with E-state index in [-0.39, 0.29) is 11.4 Å². The topological polar surface area (TPSA) is 113 Å². The molecule has 2 aromatic carbocycles. The number of nitriles is 2. The summed E-state index contributed by atoms with van der Waals surface area (Å²) in [4.78, 5) is 0. The minimum absolute atomic E-state index is 0.237. The zero-order valence-electron chi connectivity index (χ0n) is 13.2. The third-order valence-electron chi connectivity index (χ3n) is 3.69. The molecular weight excluding hydrogens is 375 g/mol. The second kappa shape index (κ2) is 8.87. The Labute approximate surface area is 159 Å². The van der Waals surface area contributed by atoms with Gasteiger partial charge in [-0.15, -0.1) is 0 Å². The van der Waals surface area contributed by atoms with Crippen LogP contribution in [0.1, 0.15) is 23.0 Å². The second-order valence-electron chi connectivity index (χ2n) is 5.20. The van der Waals surface area contributed by atoms with Crippen molar-refractivity contribution in [2.45, 2.75) is 11.8 Å². The first-order valence-electron chi connectivity index (χ1n) is 7.30. The summed E-state index contributed by atoms with van der Waals surface area (Å²) < 4.78 is 0. The highest BCUT2D eigenvalue weighted by atomic mass is 35.5. The molecule has 0 aromatic heterocycles. The lowest BCUT2D eigenvalue weighted by Gasteiger charge is -2.16. The Kier molecular flexibility index (Phi) is 6.57. The zero-order valence-corrected chi connectivity index (χ0v) is 14.7. The minimum Gasteiger partial charge on any atom is -0.411 e. The van der Waals surface area contributed by atoms with Crippen molar-refractivity contribution in [2.24, 2.45) is 10.3 Å². The summed E-state index contributed by atoms with van der Waals surface area (Å²) in [6.45, 7) is 0. The summed E-state index contributed by atoms with van der Waals surface area (Å²) in [6, 6.07) is 16.6. The van der Waals surface area contributed by atoms with E-state index in [1.165, 1.54) is 0 Å². The van der Waals surface area contributed by atoms with Gasteiger partial charge in [0.05, 0.1) is 12.1 Å². The highest BCUT2D eigenvalue weighted by Crippen LogP contribution is 2.26. The van der Waals surface area contributed by atoms with E-state index in [4.69, 9.17) is 23.2 Å². The molecule has 26 heavy (non-hydrogen) atoms. The van der Waals surface area contributed by atoms with Gasteiger partial charge in [-0.1, -0.05) is 57.8 Å². The van der Waals surface area contributed by atoms with Gasteiger partial charge in [-0.3, -0.25) is 0 Å². The van der Waals surface area contributed by atoms with Crippen molar-refractivity contribution >= 4 is 34.6 Å². The lowest BCUT2D eigenvalue weighted by atomic mass is 9.85. The van der Waals surface area contributed by atoms with E-state index < -0.39 is 11.8 Å². The normalized spacial score (nSPS) is 14.2. The van der Waals surface area contributed by atoms with Crippen molar-refractivity contribution < 1.29 is 10.4 Å². The molecule has 2 rings (SSSR count). The Hall–Kier alpha value is -3.06. The zero-order chi connectivity index (χ0) is 19.1. The van der Waals surface area contributed by atoms with Gasteiger partial charge in [0.25, 0.3) is 0 Å². The number of nitrogens with zero attached hydrogens (tertiary/aromatic N) is 4. The number of benzene rings is 2. The molecule has 6 nitrogen and oxygen atoms in total. The van der Waals surface area contributed by atoms with E-state index in [0.717, 1.165) is 0 Å². The van der Waals surface area contributed by atoms with Crippen molar-refractivity contribution in [3.8, 4) is 12.1 Å². The monoisotopic (exact) mass is 386 g/mol. The molecule has 0 saturated heterocycles. The molecule has 0 aliphatic rings. The molecule has 2 atom stereocenters. The van der Waals surface area contributed by atoms with Crippen LogP contribution < -0.4 is 0 Å². The second-order valence-corrected chi connectivity index (χ2v) is 6.07. The lowest BCUT2D eigenvalue weighted by Crippen LogP contribution is -2.27. The highest BCUT2D eigenvalue weighted by Gasteiger charge is 2.31. The molecule has 8 heteroatoms. The van der Waals surface area contributed by atoms with Gasteiger partial charge in [0, 0.05) is 10.0 Å². The smallest absolute Gasteiger partial charge is 0.128 e. The quantitative estimate of drug-likeness (QED) is 0.445. The molecule has 0 heterocycles. The first-order chi connectivity index (χ1) is 12.5. The summed E-state index contributed by atoms with van der Waals surface area (Å²) in [6.07, 6.45) is 0. The van der Waals surface area contributed by atoms with Gasteiger partial charge in [-0.05, 0) is 35.4 Å². The third-order valence-corrected chi connectivity index (χ3v) is 4.19. The average molecular weight is 387 g/mol. The fourth-order valence-corrected chi connectivity index (χ4v) is 2.66. The number of rotatable bonds is 5. The Morgan fingerprint density at radius 2 is 1.04 bits per heavy atom. The molecule has 2 aromatic rings. The molecule has 2 N–H and O–H groups in total. The van der Waals surface area contributed by atoms with E-state index in [1.54, 1.807) is 48.5 Å². The van der Waals surface area contributed by atoms with Crippen molar-refractivity contribution in [3.63, 3.8) is 0 Å². The number of halogens is 2. The van der Waals surface area contributed by atoms with E-state index >= 15 is 0 Å². The summed E-state index contributed by atoms with van der Waals surface area (Å²) in [5.74, 6) is -2.13. The highest BCUT2D eigenvalue weighted by molar-refractivity contribution is 6.47. The van der Waals surface area contributed by atoms with E-state index in [2.05, 4.69) is 10.3 Å². The fraction of sp³-hybridized carbons (Fsp3) is 0.111. The van der Waals surface area contributed by atoms with Crippen LogP contribution in [0.25, 0.3) is 0 Å². The molecule has 0 amide bonds. The maximum absolute atomic E-state index is 9.54. The van der Waals surface area contributed by atoms with Crippen LogP contribution in [0.15, 0.2) is 58.8 Å². The van der Waals surface area contributed by atoms with Gasteiger partial charge in [0.1, 0.15) is 23.3 Å². The summed E-state index contributed by atoms with van der Waals surface area (Å²) in [7, 11) is 0. The molecule has 0 bridgehead atoms. The van der Waals surface area contributed by atoms with Gasteiger partial charge in [0.2, 0.25) is 0 Å². The van der Waals surface area contributed by atoms with Crippen LogP contribution in [-0.4, -0.2) is 21.8 Å². The van der Waals surface area contributed by atoms with Crippen LogP contribution in [0.3, 0.4) is 0 Å². The van der Waals surface area contributed by atoms with Gasteiger partial charge in [0.15, 0.2) is 0 Å². The Morgan fingerprint density at radius 1 is 0.731 bits per heavy atom. The maximum Gasteiger partial charge on any atom is 0.128 e. The van der Waals surface area contributed by atoms with Crippen molar-refractivity contribution in [3.05, 3.63) is 69.7 Å². The number of hydrogen-bond acceptors (Lipinski definition) is 6. The largest absolute Gasteiger partial charge is 0.411 e. The van der Waals surface area contributed by atoms with Crippen molar-refractivity contribution in [1.29, 1.82) is 10.5 Å². The third kappa shape index (κ3) is 4.12. The van der Waals surface area contributed by atoms with Crippen molar-refractivity contribution in [1.82, 2.24) is 0 Å². The molecule has 0 spiro atoms. The molecule has 0 fully saturated rings. The van der Waals surface area contributed by atoms with Crippen LogP contribution >= 0.6 is 23.2 Å². The van der Waals surface area contributed by atoms with Crippen LogP contribution in [0, 0.1) is 22.7 Å². The number of hydrogen-bond donors (Lipinski definition) is 2. The van der Waals surface area contributed by atoms with E-state index in [1.807, 2.05) is 12.1 Å². The van der Waals surface area contributed by atoms with Crippen LogP contribution in [0.2, 0.25) is 10.0 Å². The van der Waals surface area contributed by atoms with Crippen LogP contribution in [0.4, 0.5) is 0 Å². The standard InChI is InChI=1S/C18H12Cl2N4O2/c19-13-5-1-11(2-6-13)15(9-21)17(23-25)18(24-26)16(10-22)12-3-7-14(20)8-4-12/h1-8,15-16,25-26H/b23-17+,24-18+. The lowest BCUT2D eigenvalue weighted by molar-refractivity contribution is 0.312. The Morgan fingerprint density at radius 3 is 1.27 bits per heavy atom. The molecule has 0 saturated carbocycles. The van der Waals surface area contributed by atoms with Gasteiger partial charge in [-0.25, -0.2) is 0 Å². The maximum atomic E-state index is 9.54. The predicted octanol–water partition coefficient (Wildman–Crippen LogP) is 4.57. The van der Waals surface area contributed by atoms with Crippen LogP contribution in [0.5, 0.6) is 0 Å². The molecule has 130 valence electrons. The molecule has 0 aliphatic heterocycles. The van der Waals surface area contributed by atoms with E-state index in [0.29, 0.717) is 21.2 Å². The molecular formula is C18H12Cl2N4O2. The first-order valence-corrected chi connectivity index (χ1v) is 8.05. The molecule has 0 radical (unpaired) electrons. The van der Waals surface area contributed by atoms with Gasteiger partial charge >= 0.3 is 0 Å². The fourth-order valence-electron chi connectivity index (χ4n) is 2.41. The summed E-state index contributed by atoms with van der Waals surface area (Å²) in [5, 5.41) is 45.2. The summed E-state index contributed by atoms with van der Waals surface area (Å²) in [5.41, 5.74) is 0.468. The average Bonchev–Trinajstić information content (AvgIpc) is 2.66. The molecule has 0 aliphatic carbocycles. The van der Waals surface area contributed by atoms with Gasteiger partial charge < -0.3 is 10.4 Å². The van der Waals surface area contributed by atoms with Crippen LogP contribution in [-0.2, 0) is 0 Å². The Bertz CT molecular complexity index is 833. The minimum atomic E-state index is -1.06. The summed E-state index contributed by atoms with van der Waals surface area (Å²) >= 11 is 11.7. The van der Waals surface area contributed by atoms with Gasteiger partial charge in [-0.2, -0.15) is 10.5 Å². The SMILES string of the molecule is N#CC(C(=N\O)/C(=N/O)C(C#N)c1ccc(Cl)cc1)c1ccc(Cl)cc1. The number of oxime groups is 2. The first kappa shape index (κ1) is 19.3. The predicted molar refractivity (Wildman–Crippen MR) is 98.1 cm³/mol.